The number of anilines is 2. The summed E-state index contributed by atoms with van der Waals surface area (Å²) in [6.07, 6.45) is 4.71. The lowest BCUT2D eigenvalue weighted by atomic mass is 9.93. The Bertz CT molecular complexity index is 1400. The van der Waals surface area contributed by atoms with Crippen LogP contribution in [0.5, 0.6) is 0 Å². The first-order valence-corrected chi connectivity index (χ1v) is 14.1. The Morgan fingerprint density at radius 2 is 1.78 bits per heavy atom. The van der Waals surface area contributed by atoms with Crippen molar-refractivity contribution in [1.82, 2.24) is 20.2 Å². The third kappa shape index (κ3) is 5.60. The number of aliphatic hydroxyl groups excluding tert-OH is 1. The highest BCUT2D eigenvalue weighted by Crippen LogP contribution is 2.54. The zero-order chi connectivity index (χ0) is 26.4. The maximum atomic E-state index is 12.3. The van der Waals surface area contributed by atoms with Crippen LogP contribution >= 0.6 is 0 Å². The predicted octanol–water partition coefficient (Wildman–Crippen LogP) is 2.84. The minimum absolute atomic E-state index is 0.195. The monoisotopic (exact) mass is 528 g/mol. The van der Waals surface area contributed by atoms with E-state index < -0.39 is 22.2 Å². The number of nitrogens with one attached hydrogen (secondary N) is 1. The molecule has 1 spiro atoms. The van der Waals surface area contributed by atoms with Crippen molar-refractivity contribution < 1.29 is 23.0 Å². The molecule has 0 atom stereocenters. The first kappa shape index (κ1) is 25.6. The number of benzene rings is 1. The number of hydrogen-bond donors (Lipinski definition) is 3. The second-order valence-electron chi connectivity index (χ2n) is 10.6. The van der Waals surface area contributed by atoms with Gasteiger partial charge in [0, 0.05) is 18.8 Å². The van der Waals surface area contributed by atoms with Crippen molar-refractivity contribution >= 4 is 21.4 Å². The Morgan fingerprint density at radius 1 is 1.08 bits per heavy atom. The second-order valence-corrected chi connectivity index (χ2v) is 12.4. The average Bonchev–Trinajstić information content (AvgIpc) is 3.39. The molecule has 2 aliphatic rings. The maximum absolute atomic E-state index is 12.3. The molecule has 1 aromatic carbocycles. The SMILES string of the molecule is Cc1cc(-c2nnc(-c3ccc(NS(=O)(=O)CCO)cc3N3CCC4(CC3)CC4)o2)nc(C(C)(C)O)n1. The largest absolute Gasteiger partial charge is 0.415 e. The van der Waals surface area contributed by atoms with Gasteiger partial charge in [0.25, 0.3) is 5.89 Å². The summed E-state index contributed by atoms with van der Waals surface area (Å²) in [5, 5.41) is 27.9. The molecular weight excluding hydrogens is 496 g/mol. The summed E-state index contributed by atoms with van der Waals surface area (Å²) in [6.45, 7) is 6.25. The van der Waals surface area contributed by atoms with Gasteiger partial charge in [0.05, 0.1) is 29.3 Å². The quantitative estimate of drug-likeness (QED) is 0.397. The van der Waals surface area contributed by atoms with Crippen LogP contribution in [-0.2, 0) is 15.6 Å². The Morgan fingerprint density at radius 3 is 2.43 bits per heavy atom. The van der Waals surface area contributed by atoms with Gasteiger partial charge in [-0.2, -0.15) is 0 Å². The fourth-order valence-corrected chi connectivity index (χ4v) is 5.50. The highest BCUT2D eigenvalue weighted by atomic mass is 32.2. The van der Waals surface area contributed by atoms with E-state index in [9.17, 15) is 13.5 Å². The first-order chi connectivity index (χ1) is 17.5. The number of rotatable bonds is 8. The van der Waals surface area contributed by atoms with Gasteiger partial charge in [-0.1, -0.05) is 0 Å². The average molecular weight is 529 g/mol. The Kier molecular flexibility index (Phi) is 6.45. The van der Waals surface area contributed by atoms with E-state index in [2.05, 4.69) is 29.8 Å². The van der Waals surface area contributed by atoms with E-state index in [1.807, 2.05) is 0 Å². The molecule has 1 aliphatic heterocycles. The van der Waals surface area contributed by atoms with E-state index in [1.54, 1.807) is 45.0 Å². The van der Waals surface area contributed by atoms with E-state index in [1.165, 1.54) is 12.8 Å². The molecule has 2 aromatic heterocycles. The zero-order valence-corrected chi connectivity index (χ0v) is 22.0. The van der Waals surface area contributed by atoms with Gasteiger partial charge in [0.2, 0.25) is 15.9 Å². The lowest BCUT2D eigenvalue weighted by Gasteiger charge is -2.35. The molecule has 3 heterocycles. The third-order valence-electron chi connectivity index (χ3n) is 7.03. The molecule has 198 valence electrons. The fourth-order valence-electron chi connectivity index (χ4n) is 4.67. The highest BCUT2D eigenvalue weighted by Gasteiger charge is 2.44. The Labute approximate surface area is 216 Å². The molecule has 3 aromatic rings. The molecule has 1 saturated carbocycles. The smallest absolute Gasteiger partial charge is 0.266 e. The van der Waals surface area contributed by atoms with Crippen LogP contribution in [0.25, 0.3) is 23.0 Å². The van der Waals surface area contributed by atoms with E-state index in [0.717, 1.165) is 31.6 Å². The number of hydrogen-bond acceptors (Lipinski definition) is 10. The molecule has 37 heavy (non-hydrogen) atoms. The number of piperidine rings is 1. The summed E-state index contributed by atoms with van der Waals surface area (Å²) in [5.41, 5.74) is 2.19. The molecule has 0 radical (unpaired) electrons. The predicted molar refractivity (Wildman–Crippen MR) is 138 cm³/mol. The zero-order valence-electron chi connectivity index (χ0n) is 21.2. The Hall–Kier alpha value is -3.09. The van der Waals surface area contributed by atoms with Gasteiger partial charge < -0.3 is 19.5 Å². The number of nitrogens with zero attached hydrogens (tertiary/aromatic N) is 5. The van der Waals surface area contributed by atoms with Crippen LogP contribution in [0.3, 0.4) is 0 Å². The molecular formula is C25H32N6O5S. The summed E-state index contributed by atoms with van der Waals surface area (Å²) >= 11 is 0. The van der Waals surface area contributed by atoms with E-state index in [4.69, 9.17) is 9.52 Å². The number of sulfonamides is 1. The van der Waals surface area contributed by atoms with Crippen molar-refractivity contribution in [3.63, 3.8) is 0 Å². The topological polar surface area (TPSA) is 155 Å². The van der Waals surface area contributed by atoms with Crippen LogP contribution in [0, 0.1) is 12.3 Å². The molecule has 12 heteroatoms. The fraction of sp³-hybridized carbons (Fsp3) is 0.520. The van der Waals surface area contributed by atoms with E-state index in [-0.39, 0.29) is 23.4 Å². The molecule has 0 amide bonds. The van der Waals surface area contributed by atoms with Gasteiger partial charge in [-0.25, -0.2) is 18.4 Å². The molecule has 0 unspecified atom stereocenters. The third-order valence-corrected chi connectivity index (χ3v) is 8.30. The van der Waals surface area contributed by atoms with Crippen LogP contribution in [-0.4, -0.2) is 64.2 Å². The van der Waals surface area contributed by atoms with Crippen LogP contribution < -0.4 is 9.62 Å². The van der Waals surface area contributed by atoms with Crippen molar-refractivity contribution in [2.75, 3.05) is 35.1 Å². The molecule has 3 N–H and O–H groups in total. The lowest BCUT2D eigenvalue weighted by molar-refractivity contribution is 0.0686. The molecule has 0 bridgehead atoms. The molecule has 2 fully saturated rings. The molecule has 1 saturated heterocycles. The minimum Gasteiger partial charge on any atom is -0.415 e. The van der Waals surface area contributed by atoms with Crippen molar-refractivity contribution in [3.8, 4) is 23.0 Å². The summed E-state index contributed by atoms with van der Waals surface area (Å²) in [5.74, 6) is 0.349. The first-order valence-electron chi connectivity index (χ1n) is 12.4. The van der Waals surface area contributed by atoms with Crippen LogP contribution in [0.2, 0.25) is 0 Å². The lowest BCUT2D eigenvalue weighted by Crippen LogP contribution is -2.34. The van der Waals surface area contributed by atoms with Gasteiger partial charge in [-0.3, -0.25) is 4.72 Å². The maximum Gasteiger partial charge on any atom is 0.266 e. The number of aromatic nitrogens is 4. The highest BCUT2D eigenvalue weighted by molar-refractivity contribution is 7.92. The van der Waals surface area contributed by atoms with Gasteiger partial charge in [-0.05, 0) is 76.1 Å². The molecule has 11 nitrogen and oxygen atoms in total. The second kappa shape index (κ2) is 9.34. The normalized spacial score (nSPS) is 17.3. The van der Waals surface area contributed by atoms with Gasteiger partial charge in [0.15, 0.2) is 5.82 Å². The van der Waals surface area contributed by atoms with E-state index >= 15 is 0 Å². The van der Waals surface area contributed by atoms with Gasteiger partial charge in [0.1, 0.15) is 11.3 Å². The van der Waals surface area contributed by atoms with Crippen LogP contribution in [0.4, 0.5) is 11.4 Å². The summed E-state index contributed by atoms with van der Waals surface area (Å²) in [7, 11) is -3.68. The minimum atomic E-state index is -3.68. The number of aryl methyl sites for hydroxylation is 1. The standard InChI is InChI=1S/C25H32N6O5S/c1-16-14-19(27-23(26-16)24(2,3)33)22-29-28-21(36-22)18-5-4-17(30-37(34,35)13-12-32)15-20(18)31-10-8-25(6-7-25)9-11-31/h4-5,14-15,30,32-33H,6-13H2,1-3H3. The summed E-state index contributed by atoms with van der Waals surface area (Å²) in [4.78, 5) is 11.0. The summed E-state index contributed by atoms with van der Waals surface area (Å²) in [6, 6.07) is 6.90. The van der Waals surface area contributed by atoms with Crippen molar-refractivity contribution in [3.05, 3.63) is 35.8 Å². The van der Waals surface area contributed by atoms with Crippen molar-refractivity contribution in [2.45, 2.75) is 52.1 Å². The summed E-state index contributed by atoms with van der Waals surface area (Å²) < 4.78 is 33.1. The van der Waals surface area contributed by atoms with Crippen molar-refractivity contribution in [2.24, 2.45) is 5.41 Å². The van der Waals surface area contributed by atoms with Crippen LogP contribution in [0.1, 0.15) is 51.0 Å². The number of aliphatic hydroxyl groups is 2. The van der Waals surface area contributed by atoms with Crippen molar-refractivity contribution in [1.29, 1.82) is 0 Å². The molecule has 5 rings (SSSR count). The van der Waals surface area contributed by atoms with Crippen LogP contribution in [0.15, 0.2) is 28.7 Å². The van der Waals surface area contributed by atoms with E-state index in [0.29, 0.717) is 28.1 Å². The molecule has 1 aliphatic carbocycles. The van der Waals surface area contributed by atoms with Gasteiger partial charge in [-0.15, -0.1) is 10.2 Å². The van der Waals surface area contributed by atoms with Gasteiger partial charge >= 0.3 is 0 Å². The Balaban J connectivity index is 1.50.